The fraction of sp³-hybridized carbons (Fsp3) is 0.667. The first-order valence-corrected chi connectivity index (χ1v) is 8.08. The van der Waals surface area contributed by atoms with Gasteiger partial charge in [0.1, 0.15) is 0 Å². The van der Waals surface area contributed by atoms with Gasteiger partial charge in [-0.3, -0.25) is 0 Å². The molecule has 2 nitrogen and oxygen atoms in total. The number of unbranched alkanes of at least 4 members (excludes halogenated alkanes) is 1. The molecule has 2 rings (SSSR count). The second-order valence-corrected chi connectivity index (χ2v) is 6.10. The van der Waals surface area contributed by atoms with Crippen molar-refractivity contribution in [3.63, 3.8) is 0 Å². The van der Waals surface area contributed by atoms with E-state index in [9.17, 15) is 0 Å². The van der Waals surface area contributed by atoms with Crippen LogP contribution in [0.15, 0.2) is 30.3 Å². The largest absolute Gasteiger partial charge is 0.385 e. The lowest BCUT2D eigenvalue weighted by atomic mass is 9.74. The molecule has 1 atom stereocenters. The van der Waals surface area contributed by atoms with Crippen LogP contribution in [0, 0.1) is 0 Å². The molecule has 0 heterocycles. The summed E-state index contributed by atoms with van der Waals surface area (Å²) in [6.07, 6.45) is 7.56. The van der Waals surface area contributed by atoms with Crippen molar-refractivity contribution < 1.29 is 4.74 Å². The monoisotopic (exact) mass is 275 g/mol. The predicted molar refractivity (Wildman–Crippen MR) is 85.2 cm³/mol. The van der Waals surface area contributed by atoms with E-state index < -0.39 is 0 Å². The second-order valence-electron chi connectivity index (χ2n) is 6.10. The molecule has 0 aliphatic heterocycles. The fourth-order valence-electron chi connectivity index (χ4n) is 2.97. The van der Waals surface area contributed by atoms with E-state index in [2.05, 4.69) is 42.6 Å². The number of benzene rings is 1. The Kier molecular flexibility index (Phi) is 6.06. The standard InChI is InChI=1S/C18H29NO/c1-3-18(13-7-8-14-20-2,15-19-17-11-12-17)16-9-5-4-6-10-16/h4-6,9-10,17,19H,3,7-8,11-15H2,1-2H3. The molecule has 1 aliphatic rings. The van der Waals surface area contributed by atoms with Gasteiger partial charge in [0.05, 0.1) is 0 Å². The van der Waals surface area contributed by atoms with Gasteiger partial charge in [-0.1, -0.05) is 43.7 Å². The van der Waals surface area contributed by atoms with E-state index >= 15 is 0 Å². The Morgan fingerprint density at radius 3 is 2.55 bits per heavy atom. The molecule has 1 unspecified atom stereocenters. The van der Waals surface area contributed by atoms with Crippen molar-refractivity contribution in [2.75, 3.05) is 20.3 Å². The van der Waals surface area contributed by atoms with Gasteiger partial charge in [0.15, 0.2) is 0 Å². The second kappa shape index (κ2) is 7.80. The van der Waals surface area contributed by atoms with Crippen molar-refractivity contribution in [2.24, 2.45) is 0 Å². The lowest BCUT2D eigenvalue weighted by molar-refractivity contribution is 0.187. The highest BCUT2D eigenvalue weighted by molar-refractivity contribution is 5.26. The quantitative estimate of drug-likeness (QED) is 0.654. The van der Waals surface area contributed by atoms with Gasteiger partial charge < -0.3 is 10.1 Å². The summed E-state index contributed by atoms with van der Waals surface area (Å²) in [6, 6.07) is 11.8. The summed E-state index contributed by atoms with van der Waals surface area (Å²) < 4.78 is 5.19. The molecule has 0 radical (unpaired) electrons. The van der Waals surface area contributed by atoms with Gasteiger partial charge in [-0.05, 0) is 37.7 Å². The molecule has 1 saturated carbocycles. The van der Waals surface area contributed by atoms with E-state index in [1.807, 2.05) is 0 Å². The van der Waals surface area contributed by atoms with Crippen LogP contribution in [0.5, 0.6) is 0 Å². The zero-order valence-electron chi connectivity index (χ0n) is 13.0. The topological polar surface area (TPSA) is 21.3 Å². The first-order chi connectivity index (χ1) is 9.80. The van der Waals surface area contributed by atoms with Crippen LogP contribution in [0.1, 0.15) is 51.0 Å². The fourth-order valence-corrected chi connectivity index (χ4v) is 2.97. The highest BCUT2D eigenvalue weighted by Gasteiger charge is 2.32. The molecule has 1 N–H and O–H groups in total. The Morgan fingerprint density at radius 1 is 1.20 bits per heavy atom. The van der Waals surface area contributed by atoms with Crippen LogP contribution in [0.4, 0.5) is 0 Å². The average molecular weight is 275 g/mol. The summed E-state index contributed by atoms with van der Waals surface area (Å²) in [5, 5.41) is 3.76. The molecule has 0 bridgehead atoms. The summed E-state index contributed by atoms with van der Waals surface area (Å²) in [5.41, 5.74) is 1.78. The summed E-state index contributed by atoms with van der Waals surface area (Å²) in [5.74, 6) is 0. The van der Waals surface area contributed by atoms with Gasteiger partial charge >= 0.3 is 0 Å². The van der Waals surface area contributed by atoms with Gasteiger partial charge in [-0.25, -0.2) is 0 Å². The van der Waals surface area contributed by atoms with Gasteiger partial charge in [-0.15, -0.1) is 0 Å². The Bertz CT molecular complexity index is 374. The van der Waals surface area contributed by atoms with Crippen molar-refractivity contribution in [2.45, 2.75) is 56.9 Å². The van der Waals surface area contributed by atoms with Gasteiger partial charge in [-0.2, -0.15) is 0 Å². The first kappa shape index (κ1) is 15.5. The van der Waals surface area contributed by atoms with Crippen LogP contribution < -0.4 is 5.32 Å². The summed E-state index contributed by atoms with van der Waals surface area (Å²) in [4.78, 5) is 0. The highest BCUT2D eigenvalue weighted by atomic mass is 16.5. The molecule has 0 aromatic heterocycles. The third kappa shape index (κ3) is 4.32. The molecule has 0 saturated heterocycles. The molecule has 1 aliphatic carbocycles. The summed E-state index contributed by atoms with van der Waals surface area (Å²) in [7, 11) is 1.79. The van der Waals surface area contributed by atoms with Crippen molar-refractivity contribution in [3.8, 4) is 0 Å². The number of ether oxygens (including phenoxy) is 1. The normalized spacial score (nSPS) is 17.9. The SMILES string of the molecule is CCC(CCCCOC)(CNC1CC1)c1ccccc1. The number of rotatable bonds is 10. The van der Waals surface area contributed by atoms with E-state index in [1.54, 1.807) is 7.11 Å². The molecule has 1 aromatic carbocycles. The Labute approximate surface area is 123 Å². The third-order valence-electron chi connectivity index (χ3n) is 4.62. The Hall–Kier alpha value is -0.860. The van der Waals surface area contributed by atoms with Crippen molar-refractivity contribution in [3.05, 3.63) is 35.9 Å². The van der Waals surface area contributed by atoms with Crippen LogP contribution in [0.3, 0.4) is 0 Å². The lowest BCUT2D eigenvalue weighted by Crippen LogP contribution is -2.38. The first-order valence-electron chi connectivity index (χ1n) is 8.08. The number of hydrogen-bond acceptors (Lipinski definition) is 2. The highest BCUT2D eigenvalue weighted by Crippen LogP contribution is 2.34. The lowest BCUT2D eigenvalue weighted by Gasteiger charge is -2.34. The number of methoxy groups -OCH3 is 1. The average Bonchev–Trinajstić information content (AvgIpc) is 3.32. The van der Waals surface area contributed by atoms with E-state index in [0.717, 1.165) is 25.6 Å². The van der Waals surface area contributed by atoms with Crippen LogP contribution >= 0.6 is 0 Å². The van der Waals surface area contributed by atoms with Crippen LogP contribution in [-0.4, -0.2) is 26.3 Å². The van der Waals surface area contributed by atoms with Crippen molar-refractivity contribution in [1.29, 1.82) is 0 Å². The number of nitrogens with one attached hydrogen (secondary N) is 1. The zero-order valence-corrected chi connectivity index (χ0v) is 13.0. The van der Waals surface area contributed by atoms with E-state index in [-0.39, 0.29) is 5.41 Å². The summed E-state index contributed by atoms with van der Waals surface area (Å²) >= 11 is 0. The van der Waals surface area contributed by atoms with Crippen LogP contribution in [0.2, 0.25) is 0 Å². The predicted octanol–water partition coefficient (Wildman–Crippen LogP) is 3.90. The summed E-state index contributed by atoms with van der Waals surface area (Å²) in [6.45, 7) is 4.33. The maximum atomic E-state index is 5.19. The Balaban J connectivity index is 2.02. The smallest absolute Gasteiger partial charge is 0.0462 e. The van der Waals surface area contributed by atoms with Gasteiger partial charge in [0, 0.05) is 31.7 Å². The molecule has 1 aromatic rings. The minimum atomic E-state index is 0.289. The number of hydrogen-bond donors (Lipinski definition) is 1. The minimum absolute atomic E-state index is 0.289. The van der Waals surface area contributed by atoms with Gasteiger partial charge in [0.2, 0.25) is 0 Å². The molecule has 0 amide bonds. The molecule has 1 fully saturated rings. The maximum absolute atomic E-state index is 5.19. The van der Waals surface area contributed by atoms with Gasteiger partial charge in [0.25, 0.3) is 0 Å². The van der Waals surface area contributed by atoms with E-state index in [4.69, 9.17) is 4.74 Å². The molecular weight excluding hydrogens is 246 g/mol. The molecule has 2 heteroatoms. The molecular formula is C18H29NO. The molecule has 0 spiro atoms. The van der Waals surface area contributed by atoms with Crippen molar-refractivity contribution in [1.82, 2.24) is 5.32 Å². The molecule has 112 valence electrons. The zero-order chi connectivity index (χ0) is 14.3. The third-order valence-corrected chi connectivity index (χ3v) is 4.62. The Morgan fingerprint density at radius 2 is 1.95 bits per heavy atom. The molecule has 20 heavy (non-hydrogen) atoms. The van der Waals surface area contributed by atoms with Crippen LogP contribution in [-0.2, 0) is 10.2 Å². The minimum Gasteiger partial charge on any atom is -0.385 e. The maximum Gasteiger partial charge on any atom is 0.0462 e. The van der Waals surface area contributed by atoms with Crippen molar-refractivity contribution >= 4 is 0 Å². The van der Waals surface area contributed by atoms with E-state index in [0.29, 0.717) is 0 Å². The van der Waals surface area contributed by atoms with E-state index in [1.165, 1.54) is 37.7 Å². The van der Waals surface area contributed by atoms with Crippen LogP contribution in [0.25, 0.3) is 0 Å².